The molecule has 1 aromatic carbocycles. The Kier molecular flexibility index (Phi) is 3.56. The average molecular weight is 269 g/mol. The molecule has 1 heterocycles. The second kappa shape index (κ2) is 4.95. The van der Waals surface area contributed by atoms with E-state index in [-0.39, 0.29) is 11.8 Å². The zero-order valence-corrected chi connectivity index (χ0v) is 10.5. The van der Waals surface area contributed by atoms with Gasteiger partial charge in [-0.1, -0.05) is 11.6 Å². The van der Waals surface area contributed by atoms with Crippen molar-refractivity contribution in [2.75, 3.05) is 17.3 Å². The molecule has 1 unspecified atom stereocenters. The molecule has 1 aliphatic rings. The Morgan fingerprint density at radius 1 is 1.53 bits per heavy atom. The van der Waals surface area contributed by atoms with Crippen molar-refractivity contribution in [1.82, 2.24) is 0 Å². The lowest BCUT2D eigenvalue weighted by Gasteiger charge is -2.16. The quantitative estimate of drug-likeness (QED) is 0.775. The van der Waals surface area contributed by atoms with Gasteiger partial charge in [0.2, 0.25) is 5.91 Å². The summed E-state index contributed by atoms with van der Waals surface area (Å²) >= 11 is 11.7. The second-order valence-corrected chi connectivity index (χ2v) is 4.72. The Bertz CT molecular complexity index is 496. The van der Waals surface area contributed by atoms with Gasteiger partial charge in [0.25, 0.3) is 0 Å². The molecule has 0 saturated carbocycles. The summed E-state index contributed by atoms with van der Waals surface area (Å²) in [5.74, 6) is 0.724. The van der Waals surface area contributed by atoms with Crippen LogP contribution in [0.1, 0.15) is 12.0 Å². The molecule has 1 fully saturated rings. The number of rotatable bonds is 2. The van der Waals surface area contributed by atoms with Crippen molar-refractivity contribution in [3.8, 4) is 6.07 Å². The van der Waals surface area contributed by atoms with E-state index in [4.69, 9.17) is 28.5 Å². The van der Waals surface area contributed by atoms with Crippen LogP contribution < -0.4 is 4.90 Å². The van der Waals surface area contributed by atoms with Crippen LogP contribution in [0, 0.1) is 17.2 Å². The van der Waals surface area contributed by atoms with Crippen LogP contribution >= 0.6 is 23.2 Å². The van der Waals surface area contributed by atoms with Crippen molar-refractivity contribution in [3.05, 3.63) is 28.8 Å². The first kappa shape index (κ1) is 12.2. The summed E-state index contributed by atoms with van der Waals surface area (Å²) in [6.45, 7) is 0.616. The van der Waals surface area contributed by atoms with Crippen molar-refractivity contribution in [1.29, 1.82) is 5.26 Å². The molecule has 88 valence electrons. The molecule has 1 saturated heterocycles. The Labute approximate surface area is 110 Å². The van der Waals surface area contributed by atoms with Gasteiger partial charge in [0, 0.05) is 24.5 Å². The van der Waals surface area contributed by atoms with Crippen LogP contribution in [0.15, 0.2) is 18.2 Å². The Morgan fingerprint density at radius 3 is 2.82 bits per heavy atom. The summed E-state index contributed by atoms with van der Waals surface area (Å²) in [4.78, 5) is 13.4. The van der Waals surface area contributed by atoms with E-state index in [0.717, 1.165) is 5.69 Å². The van der Waals surface area contributed by atoms with E-state index in [9.17, 15) is 4.79 Å². The first-order valence-corrected chi connectivity index (χ1v) is 6.13. The number of anilines is 1. The van der Waals surface area contributed by atoms with Crippen molar-refractivity contribution < 1.29 is 4.79 Å². The minimum absolute atomic E-state index is 0.0522. The van der Waals surface area contributed by atoms with Gasteiger partial charge in [-0.25, -0.2) is 0 Å². The topological polar surface area (TPSA) is 44.1 Å². The summed E-state index contributed by atoms with van der Waals surface area (Å²) in [5, 5.41) is 9.14. The maximum atomic E-state index is 11.8. The number of nitriles is 1. The maximum absolute atomic E-state index is 11.8. The highest BCUT2D eigenvalue weighted by atomic mass is 35.5. The van der Waals surface area contributed by atoms with Gasteiger partial charge in [-0.05, 0) is 24.1 Å². The molecule has 0 aliphatic carbocycles. The third-order valence-corrected chi connectivity index (χ3v) is 3.56. The zero-order valence-electron chi connectivity index (χ0n) is 8.99. The molecule has 0 N–H and O–H groups in total. The average Bonchev–Trinajstić information content (AvgIpc) is 2.70. The van der Waals surface area contributed by atoms with Crippen LogP contribution in [0.5, 0.6) is 0 Å². The highest BCUT2D eigenvalue weighted by molar-refractivity contribution is 6.32. The van der Waals surface area contributed by atoms with Crippen LogP contribution in [0.3, 0.4) is 0 Å². The predicted octanol–water partition coefficient (Wildman–Crippen LogP) is 2.80. The highest BCUT2D eigenvalue weighted by Gasteiger charge is 2.30. The van der Waals surface area contributed by atoms with Crippen LogP contribution in [0.4, 0.5) is 5.69 Å². The van der Waals surface area contributed by atoms with Gasteiger partial charge >= 0.3 is 0 Å². The van der Waals surface area contributed by atoms with Crippen molar-refractivity contribution in [2.24, 2.45) is 5.92 Å². The lowest BCUT2D eigenvalue weighted by Crippen LogP contribution is -2.24. The minimum atomic E-state index is 0.0522. The Hall–Kier alpha value is -1.24. The molecule has 1 aliphatic heterocycles. The first-order chi connectivity index (χ1) is 8.15. The molecule has 2 rings (SSSR count). The number of amides is 1. The van der Waals surface area contributed by atoms with Crippen molar-refractivity contribution in [2.45, 2.75) is 6.42 Å². The third-order valence-electron chi connectivity index (χ3n) is 2.81. The summed E-state index contributed by atoms with van der Waals surface area (Å²) in [7, 11) is 0. The van der Waals surface area contributed by atoms with Gasteiger partial charge in [-0.3, -0.25) is 4.79 Å². The van der Waals surface area contributed by atoms with Gasteiger partial charge in [-0.15, -0.1) is 11.6 Å². The number of carbonyl (C=O) groups is 1. The van der Waals surface area contributed by atoms with Gasteiger partial charge in [0.15, 0.2) is 0 Å². The van der Waals surface area contributed by atoms with E-state index in [1.807, 2.05) is 6.07 Å². The highest BCUT2D eigenvalue weighted by Crippen LogP contribution is 2.29. The molecule has 0 bridgehead atoms. The molecule has 0 spiro atoms. The Morgan fingerprint density at radius 2 is 2.29 bits per heavy atom. The molecular formula is C12H10Cl2N2O. The smallest absolute Gasteiger partial charge is 0.227 e. The number of benzene rings is 1. The number of carbonyl (C=O) groups excluding carboxylic acids is 1. The summed E-state index contributed by atoms with van der Waals surface area (Å²) in [6, 6.07) is 6.99. The minimum Gasteiger partial charge on any atom is -0.312 e. The fourth-order valence-electron chi connectivity index (χ4n) is 1.90. The zero-order chi connectivity index (χ0) is 12.4. The number of nitrogens with zero attached hydrogens (tertiary/aromatic N) is 2. The molecule has 5 heteroatoms. The Balaban J connectivity index is 2.27. The van der Waals surface area contributed by atoms with E-state index in [1.165, 1.54) is 0 Å². The molecule has 1 amide bonds. The SMILES string of the molecule is N#Cc1ccc(N2CC(CCl)CC2=O)cc1Cl. The number of halogens is 2. The van der Waals surface area contributed by atoms with Gasteiger partial charge < -0.3 is 4.90 Å². The predicted molar refractivity (Wildman–Crippen MR) is 67.3 cm³/mol. The van der Waals surface area contributed by atoms with Gasteiger partial charge in [0.1, 0.15) is 6.07 Å². The maximum Gasteiger partial charge on any atom is 0.227 e. The molecule has 3 nitrogen and oxygen atoms in total. The van der Waals surface area contributed by atoms with E-state index in [0.29, 0.717) is 29.4 Å². The molecule has 1 aromatic rings. The largest absolute Gasteiger partial charge is 0.312 e. The van der Waals surface area contributed by atoms with Crippen LogP contribution in [-0.2, 0) is 4.79 Å². The normalized spacial score (nSPS) is 19.5. The molecule has 17 heavy (non-hydrogen) atoms. The number of alkyl halides is 1. The first-order valence-electron chi connectivity index (χ1n) is 5.21. The van der Waals surface area contributed by atoms with Crippen LogP contribution in [0.2, 0.25) is 5.02 Å². The molecule has 0 aromatic heterocycles. The van der Waals surface area contributed by atoms with E-state index in [2.05, 4.69) is 0 Å². The van der Waals surface area contributed by atoms with Crippen molar-refractivity contribution in [3.63, 3.8) is 0 Å². The lowest BCUT2D eigenvalue weighted by molar-refractivity contribution is -0.117. The van der Waals surface area contributed by atoms with E-state index < -0.39 is 0 Å². The second-order valence-electron chi connectivity index (χ2n) is 4.00. The number of hydrogen-bond donors (Lipinski definition) is 0. The summed E-state index contributed by atoms with van der Waals surface area (Å²) in [5.41, 5.74) is 1.14. The fourth-order valence-corrected chi connectivity index (χ4v) is 2.32. The standard InChI is InChI=1S/C12H10Cl2N2O/c13-5-8-3-12(17)16(7-8)10-2-1-9(6-15)11(14)4-10/h1-2,4,8H,3,5,7H2. The van der Waals surface area contributed by atoms with E-state index in [1.54, 1.807) is 23.1 Å². The monoisotopic (exact) mass is 268 g/mol. The lowest BCUT2D eigenvalue weighted by atomic mass is 10.1. The third kappa shape index (κ3) is 2.38. The summed E-state index contributed by atoms with van der Waals surface area (Å²) < 4.78 is 0. The molecule has 1 atom stereocenters. The van der Waals surface area contributed by atoms with Crippen LogP contribution in [-0.4, -0.2) is 18.3 Å². The summed E-state index contributed by atoms with van der Waals surface area (Å²) in [6.07, 6.45) is 0.473. The van der Waals surface area contributed by atoms with E-state index >= 15 is 0 Å². The number of hydrogen-bond acceptors (Lipinski definition) is 2. The van der Waals surface area contributed by atoms with Crippen LogP contribution in [0.25, 0.3) is 0 Å². The fraction of sp³-hybridized carbons (Fsp3) is 0.333. The van der Waals surface area contributed by atoms with Gasteiger partial charge in [0.05, 0.1) is 10.6 Å². The molecule has 0 radical (unpaired) electrons. The molecular weight excluding hydrogens is 259 g/mol. The van der Waals surface area contributed by atoms with Gasteiger partial charge in [-0.2, -0.15) is 5.26 Å². The van der Waals surface area contributed by atoms with Crippen molar-refractivity contribution >= 4 is 34.8 Å².